The third-order valence-corrected chi connectivity index (χ3v) is 2.93. The highest BCUT2D eigenvalue weighted by Gasteiger charge is 2.18. The number of rotatable bonds is 5. The molecule has 1 aromatic heterocycles. The number of nitrogens with one attached hydrogen (secondary N) is 2. The van der Waals surface area contributed by atoms with Crippen LogP contribution in [0.3, 0.4) is 0 Å². The number of hydrogen-bond donors (Lipinski definition) is 3. The van der Waals surface area contributed by atoms with Crippen LogP contribution < -0.4 is 10.6 Å². The standard InChI is InChI=1S/C11H13N3O3S/c1-3-4-9(10(15)16)14-11(17)13-6-8-5-12-7(2)18-8/h1,5,9H,4,6H2,2H3,(H,15,16)(H2,13,14,17). The van der Waals surface area contributed by atoms with Crippen LogP contribution >= 0.6 is 11.3 Å². The molecule has 1 atom stereocenters. The van der Waals surface area contributed by atoms with Gasteiger partial charge in [0.1, 0.15) is 6.04 Å². The van der Waals surface area contributed by atoms with Gasteiger partial charge in [-0.3, -0.25) is 0 Å². The number of amides is 2. The Bertz CT molecular complexity index is 478. The van der Waals surface area contributed by atoms with Crippen molar-refractivity contribution < 1.29 is 14.7 Å². The van der Waals surface area contributed by atoms with E-state index in [1.54, 1.807) is 6.20 Å². The van der Waals surface area contributed by atoms with E-state index in [4.69, 9.17) is 11.5 Å². The molecule has 1 heterocycles. The maximum Gasteiger partial charge on any atom is 0.327 e. The van der Waals surface area contributed by atoms with Crippen molar-refractivity contribution >= 4 is 23.3 Å². The van der Waals surface area contributed by atoms with Crippen molar-refractivity contribution in [1.29, 1.82) is 0 Å². The second-order valence-corrected chi connectivity index (χ2v) is 4.79. The van der Waals surface area contributed by atoms with Gasteiger partial charge in [-0.25, -0.2) is 14.6 Å². The molecular weight excluding hydrogens is 254 g/mol. The minimum atomic E-state index is -1.16. The molecule has 6 nitrogen and oxygen atoms in total. The molecule has 0 radical (unpaired) electrons. The molecule has 1 aromatic rings. The van der Waals surface area contributed by atoms with Crippen molar-refractivity contribution in [3.05, 3.63) is 16.1 Å². The Morgan fingerprint density at radius 2 is 2.39 bits per heavy atom. The normalized spacial score (nSPS) is 11.3. The van der Waals surface area contributed by atoms with Gasteiger partial charge in [-0.1, -0.05) is 0 Å². The third-order valence-electron chi connectivity index (χ3n) is 2.02. The van der Waals surface area contributed by atoms with Crippen LogP contribution in [0.15, 0.2) is 6.20 Å². The van der Waals surface area contributed by atoms with Gasteiger partial charge in [0.05, 0.1) is 11.6 Å². The average molecular weight is 267 g/mol. The molecule has 18 heavy (non-hydrogen) atoms. The Labute approximate surface area is 108 Å². The number of hydrogen-bond acceptors (Lipinski definition) is 4. The Morgan fingerprint density at radius 1 is 1.67 bits per heavy atom. The van der Waals surface area contributed by atoms with E-state index in [1.807, 2.05) is 6.92 Å². The number of aromatic nitrogens is 1. The Hall–Kier alpha value is -2.07. The monoisotopic (exact) mass is 267 g/mol. The van der Waals surface area contributed by atoms with Crippen LogP contribution in [0.1, 0.15) is 16.3 Å². The maximum absolute atomic E-state index is 11.4. The highest BCUT2D eigenvalue weighted by Crippen LogP contribution is 2.10. The van der Waals surface area contributed by atoms with Crippen LogP contribution in [-0.2, 0) is 11.3 Å². The SMILES string of the molecule is C#CCC(NC(=O)NCc1cnc(C)s1)C(=O)O. The summed E-state index contributed by atoms with van der Waals surface area (Å²) in [7, 11) is 0. The summed E-state index contributed by atoms with van der Waals surface area (Å²) in [5.74, 6) is 1.04. The molecule has 0 fully saturated rings. The first kappa shape index (κ1) is 14.0. The molecule has 2 amide bonds. The lowest BCUT2D eigenvalue weighted by atomic mass is 10.2. The molecule has 1 unspecified atom stereocenters. The van der Waals surface area contributed by atoms with Crippen molar-refractivity contribution in [1.82, 2.24) is 15.6 Å². The van der Waals surface area contributed by atoms with Crippen molar-refractivity contribution in [3.8, 4) is 12.3 Å². The van der Waals surface area contributed by atoms with E-state index in [9.17, 15) is 9.59 Å². The van der Waals surface area contributed by atoms with Gasteiger partial charge >= 0.3 is 12.0 Å². The smallest absolute Gasteiger partial charge is 0.327 e. The highest BCUT2D eigenvalue weighted by molar-refractivity contribution is 7.11. The van der Waals surface area contributed by atoms with Gasteiger partial charge in [-0.05, 0) is 6.92 Å². The van der Waals surface area contributed by atoms with Gasteiger partial charge in [0, 0.05) is 17.5 Å². The molecule has 7 heteroatoms. The molecule has 96 valence electrons. The number of nitrogens with zero attached hydrogens (tertiary/aromatic N) is 1. The number of carbonyl (C=O) groups is 2. The van der Waals surface area contributed by atoms with Crippen LogP contribution in [0, 0.1) is 19.3 Å². The summed E-state index contributed by atoms with van der Waals surface area (Å²) >= 11 is 1.46. The first-order chi connectivity index (χ1) is 8.52. The van der Waals surface area contributed by atoms with E-state index in [0.717, 1.165) is 9.88 Å². The quantitative estimate of drug-likeness (QED) is 0.686. The van der Waals surface area contributed by atoms with E-state index in [-0.39, 0.29) is 6.42 Å². The average Bonchev–Trinajstić information content (AvgIpc) is 2.72. The van der Waals surface area contributed by atoms with Gasteiger partial charge in [-0.2, -0.15) is 0 Å². The van der Waals surface area contributed by atoms with Gasteiger partial charge in [0.25, 0.3) is 0 Å². The topological polar surface area (TPSA) is 91.3 Å². The summed E-state index contributed by atoms with van der Waals surface area (Å²) in [5, 5.41) is 14.5. The van der Waals surface area contributed by atoms with Crippen LogP contribution in [0.25, 0.3) is 0 Å². The number of urea groups is 1. The lowest BCUT2D eigenvalue weighted by Crippen LogP contribution is -2.45. The van der Waals surface area contributed by atoms with Crippen molar-refractivity contribution in [2.75, 3.05) is 0 Å². The molecule has 0 aliphatic rings. The van der Waals surface area contributed by atoms with Crippen molar-refractivity contribution in [3.63, 3.8) is 0 Å². The zero-order valence-electron chi connectivity index (χ0n) is 9.77. The number of carboxylic acid groups (broad SMARTS) is 1. The first-order valence-electron chi connectivity index (χ1n) is 5.15. The summed E-state index contributed by atoms with van der Waals surface area (Å²) in [6.45, 7) is 2.17. The first-order valence-corrected chi connectivity index (χ1v) is 5.96. The molecule has 0 saturated carbocycles. The fraction of sp³-hybridized carbons (Fsp3) is 0.364. The number of carboxylic acids is 1. The summed E-state index contributed by atoms with van der Waals surface area (Å²) in [6.07, 6.45) is 6.63. The van der Waals surface area contributed by atoms with Crippen molar-refractivity contribution in [2.45, 2.75) is 25.9 Å². The predicted molar refractivity (Wildman–Crippen MR) is 67.1 cm³/mol. The van der Waals surface area contributed by atoms with Crippen LogP contribution in [0.5, 0.6) is 0 Å². The molecule has 1 rings (SSSR count). The lowest BCUT2D eigenvalue weighted by Gasteiger charge is -2.12. The fourth-order valence-electron chi connectivity index (χ4n) is 1.18. The largest absolute Gasteiger partial charge is 0.480 e. The number of carbonyl (C=O) groups excluding carboxylic acids is 1. The molecule has 0 aliphatic carbocycles. The second kappa shape index (κ2) is 6.61. The minimum Gasteiger partial charge on any atom is -0.480 e. The summed E-state index contributed by atoms with van der Waals surface area (Å²) in [5.41, 5.74) is 0. The molecule has 0 aliphatic heterocycles. The highest BCUT2D eigenvalue weighted by atomic mass is 32.1. The van der Waals surface area contributed by atoms with E-state index < -0.39 is 18.0 Å². The molecule has 0 aromatic carbocycles. The second-order valence-electron chi connectivity index (χ2n) is 3.47. The number of terminal acetylenes is 1. The minimum absolute atomic E-state index is 0.0532. The molecular formula is C11H13N3O3S. The molecule has 0 saturated heterocycles. The number of thiazole rings is 1. The Balaban J connectivity index is 2.41. The summed E-state index contributed by atoms with van der Waals surface area (Å²) in [4.78, 5) is 27.1. The number of aryl methyl sites for hydroxylation is 1. The van der Waals surface area contributed by atoms with Crippen molar-refractivity contribution in [2.24, 2.45) is 0 Å². The Morgan fingerprint density at radius 3 is 2.89 bits per heavy atom. The van der Waals surface area contributed by atoms with Gasteiger partial charge < -0.3 is 15.7 Å². The summed E-state index contributed by atoms with van der Waals surface area (Å²) < 4.78 is 0. The van der Waals surface area contributed by atoms with Crippen LogP contribution in [-0.4, -0.2) is 28.1 Å². The summed E-state index contributed by atoms with van der Waals surface area (Å²) in [6, 6.07) is -1.64. The zero-order valence-corrected chi connectivity index (χ0v) is 10.6. The van der Waals surface area contributed by atoms with Crippen LogP contribution in [0.2, 0.25) is 0 Å². The van der Waals surface area contributed by atoms with Gasteiger partial charge in [0.2, 0.25) is 0 Å². The molecule has 3 N–H and O–H groups in total. The third kappa shape index (κ3) is 4.43. The van der Waals surface area contributed by atoms with E-state index in [1.165, 1.54) is 11.3 Å². The van der Waals surface area contributed by atoms with E-state index in [0.29, 0.717) is 6.54 Å². The van der Waals surface area contributed by atoms with Gasteiger partial charge in [-0.15, -0.1) is 23.7 Å². The predicted octanol–water partition coefficient (Wildman–Crippen LogP) is 0.727. The van der Waals surface area contributed by atoms with Gasteiger partial charge in [0.15, 0.2) is 0 Å². The van der Waals surface area contributed by atoms with Crippen LogP contribution in [0.4, 0.5) is 4.79 Å². The number of aliphatic carboxylic acids is 1. The fourth-order valence-corrected chi connectivity index (χ4v) is 1.92. The van der Waals surface area contributed by atoms with E-state index in [2.05, 4.69) is 21.5 Å². The Kier molecular flexibility index (Phi) is 5.14. The van der Waals surface area contributed by atoms with E-state index >= 15 is 0 Å². The maximum atomic E-state index is 11.4. The lowest BCUT2D eigenvalue weighted by molar-refractivity contribution is -0.139. The molecule has 0 spiro atoms. The molecule has 0 bridgehead atoms. The zero-order chi connectivity index (χ0) is 13.5.